The molecule has 0 aromatic heterocycles. The van der Waals surface area contributed by atoms with Gasteiger partial charge in [0.1, 0.15) is 91.5 Å². The Kier molecular flexibility index (Phi) is 13.2. The molecule has 274 valence electrons. The summed E-state index contributed by atoms with van der Waals surface area (Å²) < 4.78 is 39.5. The van der Waals surface area contributed by atoms with Crippen LogP contribution in [0.4, 0.5) is 0 Å². The van der Waals surface area contributed by atoms with Gasteiger partial charge in [0.05, 0.1) is 25.9 Å². The molecule has 0 aromatic rings. The normalized spacial score (nSPS) is 51.0. The summed E-state index contributed by atoms with van der Waals surface area (Å²) in [6, 6.07) is -1.60. The molecule has 0 saturated carbocycles. The Labute approximate surface area is 267 Å². The maximum absolute atomic E-state index is 12.5. The fraction of sp³-hybridized carbons (Fsp3) is 0.962. The van der Waals surface area contributed by atoms with Gasteiger partial charge in [0.25, 0.3) is 0 Å². The largest absolute Gasteiger partial charge is 0.394 e. The van der Waals surface area contributed by atoms with Crippen molar-refractivity contribution in [3.05, 3.63) is 0 Å². The summed E-state index contributed by atoms with van der Waals surface area (Å²) in [6.07, 6.45) is -32.7. The van der Waals surface area contributed by atoms with Gasteiger partial charge < -0.3 is 99.8 Å². The highest BCUT2D eigenvalue weighted by molar-refractivity contribution is 5.73. The summed E-state index contributed by atoms with van der Waals surface area (Å²) in [5.41, 5.74) is 0. The van der Waals surface area contributed by atoms with Gasteiger partial charge in [-0.3, -0.25) is 4.79 Å². The lowest BCUT2D eigenvalue weighted by Crippen LogP contribution is -2.71. The van der Waals surface area contributed by atoms with Crippen molar-refractivity contribution >= 4 is 5.91 Å². The van der Waals surface area contributed by atoms with Crippen LogP contribution in [0.25, 0.3) is 0 Å². The van der Waals surface area contributed by atoms with Crippen molar-refractivity contribution in [2.75, 3.05) is 19.8 Å². The van der Waals surface area contributed by atoms with E-state index in [4.69, 9.17) is 33.2 Å². The first-order valence-electron chi connectivity index (χ1n) is 15.0. The molecule has 4 heterocycles. The van der Waals surface area contributed by atoms with Gasteiger partial charge in [-0.1, -0.05) is 0 Å². The van der Waals surface area contributed by atoms with Gasteiger partial charge in [0.2, 0.25) is 5.91 Å². The third kappa shape index (κ3) is 8.04. The van der Waals surface area contributed by atoms with Crippen molar-refractivity contribution in [2.24, 2.45) is 0 Å². The summed E-state index contributed by atoms with van der Waals surface area (Å²) >= 11 is 0. The molecule has 20 atom stereocenters. The van der Waals surface area contributed by atoms with E-state index in [1.807, 2.05) is 0 Å². The minimum Gasteiger partial charge on any atom is -0.394 e. The second-order valence-electron chi connectivity index (χ2n) is 11.9. The summed E-state index contributed by atoms with van der Waals surface area (Å²) in [5.74, 6) is -0.759. The van der Waals surface area contributed by atoms with Crippen LogP contribution in [0.1, 0.15) is 13.8 Å². The lowest BCUT2D eigenvalue weighted by molar-refractivity contribution is -0.384. The van der Waals surface area contributed by atoms with Crippen LogP contribution in [0, 0.1) is 0 Å². The molecule has 1 amide bonds. The smallest absolute Gasteiger partial charge is 0.217 e. The van der Waals surface area contributed by atoms with Crippen LogP contribution in [-0.2, 0) is 38.0 Å². The molecule has 0 aromatic carbocycles. The van der Waals surface area contributed by atoms with Gasteiger partial charge >= 0.3 is 0 Å². The summed E-state index contributed by atoms with van der Waals surface area (Å²) in [4.78, 5) is 12.5. The van der Waals surface area contributed by atoms with Gasteiger partial charge in [-0.15, -0.1) is 0 Å². The summed E-state index contributed by atoms with van der Waals surface area (Å²) in [7, 11) is 0. The van der Waals surface area contributed by atoms with E-state index in [2.05, 4.69) is 5.32 Å². The van der Waals surface area contributed by atoms with Crippen LogP contribution in [0.2, 0.25) is 0 Å². The molecule has 4 aliphatic rings. The second-order valence-corrected chi connectivity index (χ2v) is 11.9. The minimum atomic E-state index is -1.96. The number of nitrogens with one attached hydrogen (secondary N) is 1. The Morgan fingerprint density at radius 2 is 1.04 bits per heavy atom. The highest BCUT2D eigenvalue weighted by atomic mass is 16.8. The molecule has 21 nitrogen and oxygen atoms in total. The van der Waals surface area contributed by atoms with Crippen molar-refractivity contribution in [3.63, 3.8) is 0 Å². The molecular formula is C26H45NO20. The third-order valence-corrected chi connectivity index (χ3v) is 8.57. The number of aliphatic hydroxyl groups excluding tert-OH is 12. The molecule has 0 spiro atoms. The number of ether oxygens (including phenoxy) is 7. The number of hydrogen-bond acceptors (Lipinski definition) is 20. The molecule has 4 fully saturated rings. The molecular weight excluding hydrogens is 646 g/mol. The molecule has 4 aliphatic heterocycles. The van der Waals surface area contributed by atoms with Gasteiger partial charge in [-0.25, -0.2) is 0 Å². The van der Waals surface area contributed by atoms with E-state index in [-0.39, 0.29) is 0 Å². The zero-order chi connectivity index (χ0) is 34.9. The van der Waals surface area contributed by atoms with E-state index in [0.29, 0.717) is 0 Å². The first kappa shape index (κ1) is 38.5. The van der Waals surface area contributed by atoms with Crippen LogP contribution in [0.5, 0.6) is 0 Å². The number of rotatable bonds is 10. The summed E-state index contributed by atoms with van der Waals surface area (Å²) in [5, 5.41) is 126. The maximum Gasteiger partial charge on any atom is 0.217 e. The van der Waals surface area contributed by atoms with Gasteiger partial charge in [0, 0.05) is 6.92 Å². The van der Waals surface area contributed by atoms with E-state index >= 15 is 0 Å². The first-order chi connectivity index (χ1) is 22.1. The average Bonchev–Trinajstić information content (AvgIpc) is 3.04. The topological polar surface area (TPSA) is 336 Å². The minimum absolute atomic E-state index is 0.759. The number of amides is 1. The first-order valence-corrected chi connectivity index (χ1v) is 15.0. The quantitative estimate of drug-likeness (QED) is 0.101. The fourth-order valence-corrected chi connectivity index (χ4v) is 5.88. The molecule has 0 bridgehead atoms. The van der Waals surface area contributed by atoms with Gasteiger partial charge in [0.15, 0.2) is 25.2 Å². The lowest BCUT2D eigenvalue weighted by atomic mass is 9.93. The summed E-state index contributed by atoms with van der Waals surface area (Å²) in [6.45, 7) is -0.142. The van der Waals surface area contributed by atoms with Crippen molar-refractivity contribution in [3.8, 4) is 0 Å². The van der Waals surface area contributed by atoms with Crippen LogP contribution in [0.15, 0.2) is 0 Å². The molecule has 21 heteroatoms. The number of carbonyl (C=O) groups excluding carboxylic acids is 1. The van der Waals surface area contributed by atoms with Crippen LogP contribution >= 0.6 is 0 Å². The second kappa shape index (κ2) is 16.2. The zero-order valence-electron chi connectivity index (χ0n) is 25.3. The maximum atomic E-state index is 12.5. The van der Waals surface area contributed by atoms with Crippen molar-refractivity contribution in [1.29, 1.82) is 0 Å². The Hall–Kier alpha value is -1.29. The number of carbonyl (C=O) groups is 1. The average molecular weight is 692 g/mol. The molecule has 0 aliphatic carbocycles. The van der Waals surface area contributed by atoms with E-state index < -0.39 is 148 Å². The zero-order valence-corrected chi connectivity index (χ0v) is 25.3. The van der Waals surface area contributed by atoms with Crippen LogP contribution < -0.4 is 5.32 Å². The highest BCUT2D eigenvalue weighted by Crippen LogP contribution is 2.35. The van der Waals surface area contributed by atoms with Crippen molar-refractivity contribution < 1.29 is 99.2 Å². The van der Waals surface area contributed by atoms with E-state index in [9.17, 15) is 66.1 Å². The molecule has 4 saturated heterocycles. The SMILES string of the molecule is CC(=O)NC1C(OC2C(O)C(O)OC(CO)C2O)OC(CO)C(OC2OC(CO)C(O)C(O)C2O)C1OC1OC(C)C(O)C(O)C1O. The molecule has 4 rings (SSSR count). The Morgan fingerprint density at radius 1 is 0.553 bits per heavy atom. The van der Waals surface area contributed by atoms with E-state index in [0.717, 1.165) is 6.92 Å². The van der Waals surface area contributed by atoms with E-state index in [1.54, 1.807) is 0 Å². The van der Waals surface area contributed by atoms with Crippen LogP contribution in [-0.4, -0.2) is 210 Å². The Morgan fingerprint density at radius 3 is 1.62 bits per heavy atom. The predicted molar refractivity (Wildman–Crippen MR) is 144 cm³/mol. The standard InChI is InChI=1S/C26H45NO20/c1-6-12(32)15(35)17(37)25(41-6)46-21-11(27-7(2)31)24(47-22-14(34)9(4-29)42-23(40)19(22)39)44-10(5-30)20(21)45-26-18(38)16(36)13(33)8(3-28)43-26/h6,8-26,28-30,32-40H,3-5H2,1-2H3,(H,27,31). The molecule has 47 heavy (non-hydrogen) atoms. The van der Waals surface area contributed by atoms with E-state index in [1.165, 1.54) is 6.92 Å². The highest BCUT2D eigenvalue weighted by Gasteiger charge is 2.56. The fourth-order valence-electron chi connectivity index (χ4n) is 5.88. The predicted octanol–water partition coefficient (Wildman–Crippen LogP) is -8.58. The number of hydrogen-bond donors (Lipinski definition) is 13. The molecule has 20 unspecified atom stereocenters. The monoisotopic (exact) mass is 691 g/mol. The van der Waals surface area contributed by atoms with Crippen LogP contribution in [0.3, 0.4) is 0 Å². The van der Waals surface area contributed by atoms with Gasteiger partial charge in [-0.2, -0.15) is 0 Å². The third-order valence-electron chi connectivity index (χ3n) is 8.57. The van der Waals surface area contributed by atoms with Crippen molar-refractivity contribution in [2.45, 2.75) is 137 Å². The number of aliphatic hydroxyl groups is 12. The van der Waals surface area contributed by atoms with Gasteiger partial charge in [-0.05, 0) is 6.92 Å². The Bertz CT molecular complexity index is 1010. The van der Waals surface area contributed by atoms with Crippen molar-refractivity contribution in [1.82, 2.24) is 5.32 Å². The Balaban J connectivity index is 1.73. The molecule has 0 radical (unpaired) electrons. The lowest BCUT2D eigenvalue weighted by Gasteiger charge is -2.51. The molecule has 13 N–H and O–H groups in total.